The second-order valence-electron chi connectivity index (χ2n) is 7.84. The van der Waals surface area contributed by atoms with E-state index in [0.717, 1.165) is 37.4 Å². The zero-order valence-electron chi connectivity index (χ0n) is 18.1. The number of nitrogens with one attached hydrogen (secondary N) is 1. The van der Waals surface area contributed by atoms with Gasteiger partial charge in [0.15, 0.2) is 5.58 Å². The molecule has 1 aliphatic rings. The molecule has 11 heteroatoms. The Bertz CT molecular complexity index is 1390. The standard InChI is InChI=1S/C22H24N6O4S/c1-31-17-12-15(14-28-9-3-6-25-28)13-18-21(17)22(26-32-18)20-16(27-10-7-24-8-11-27)4-2-5-19(20)33(23,29)30/h2-6,9,12-13,24H,7-8,10-11,14H2,1H3,(H2,23,29,30). The van der Waals surface area contributed by atoms with E-state index in [1.807, 2.05) is 30.5 Å². The Kier molecular flexibility index (Phi) is 5.52. The summed E-state index contributed by atoms with van der Waals surface area (Å²) in [6.07, 6.45) is 3.58. The number of fused-ring (bicyclic) bond motifs is 1. The van der Waals surface area contributed by atoms with Crippen LogP contribution in [0.1, 0.15) is 5.56 Å². The molecule has 33 heavy (non-hydrogen) atoms. The van der Waals surface area contributed by atoms with Crippen molar-refractivity contribution in [1.29, 1.82) is 0 Å². The Morgan fingerprint density at radius 3 is 2.73 bits per heavy atom. The molecular weight excluding hydrogens is 444 g/mol. The van der Waals surface area contributed by atoms with Gasteiger partial charge in [-0.15, -0.1) is 0 Å². The van der Waals surface area contributed by atoms with Crippen molar-refractivity contribution in [2.24, 2.45) is 5.14 Å². The number of nitrogens with two attached hydrogens (primary N) is 1. The fourth-order valence-electron chi connectivity index (χ4n) is 4.26. The van der Waals surface area contributed by atoms with Gasteiger partial charge in [-0.05, 0) is 35.9 Å². The molecule has 3 heterocycles. The van der Waals surface area contributed by atoms with Crippen molar-refractivity contribution in [3.8, 4) is 17.0 Å². The van der Waals surface area contributed by atoms with Crippen molar-refractivity contribution < 1.29 is 17.7 Å². The molecule has 1 aliphatic heterocycles. The van der Waals surface area contributed by atoms with E-state index in [1.54, 1.807) is 24.1 Å². The molecule has 0 unspecified atom stereocenters. The third kappa shape index (κ3) is 4.06. The summed E-state index contributed by atoms with van der Waals surface area (Å²) in [5.74, 6) is 0.529. The molecule has 172 valence electrons. The molecule has 1 fully saturated rings. The molecular formula is C22H24N6O4S. The van der Waals surface area contributed by atoms with Crippen LogP contribution in [-0.2, 0) is 16.6 Å². The summed E-state index contributed by atoms with van der Waals surface area (Å²) in [4.78, 5) is 2.12. The van der Waals surface area contributed by atoms with Crippen LogP contribution in [0.4, 0.5) is 5.69 Å². The van der Waals surface area contributed by atoms with E-state index in [1.165, 1.54) is 6.07 Å². The maximum absolute atomic E-state index is 12.6. The van der Waals surface area contributed by atoms with Crippen molar-refractivity contribution in [3.63, 3.8) is 0 Å². The van der Waals surface area contributed by atoms with Crippen molar-refractivity contribution in [1.82, 2.24) is 20.3 Å². The summed E-state index contributed by atoms with van der Waals surface area (Å²) in [5, 5.41) is 18.1. The van der Waals surface area contributed by atoms with Gasteiger partial charge in [0.05, 0.1) is 23.9 Å². The molecule has 0 spiro atoms. The minimum absolute atomic E-state index is 0.00333. The van der Waals surface area contributed by atoms with Gasteiger partial charge in [-0.1, -0.05) is 11.2 Å². The van der Waals surface area contributed by atoms with Crippen LogP contribution in [0.3, 0.4) is 0 Å². The van der Waals surface area contributed by atoms with Crippen LogP contribution in [0.25, 0.3) is 22.2 Å². The highest BCUT2D eigenvalue weighted by Gasteiger charge is 2.28. The molecule has 0 atom stereocenters. The fraction of sp³-hybridized carbons (Fsp3) is 0.273. The monoisotopic (exact) mass is 468 g/mol. The molecule has 10 nitrogen and oxygen atoms in total. The van der Waals surface area contributed by atoms with Crippen LogP contribution < -0.4 is 20.1 Å². The first kappa shape index (κ1) is 21.4. The largest absolute Gasteiger partial charge is 0.496 e. The number of ether oxygens (including phenoxy) is 1. The van der Waals surface area contributed by atoms with Gasteiger partial charge in [0.1, 0.15) is 11.4 Å². The van der Waals surface area contributed by atoms with Gasteiger partial charge >= 0.3 is 0 Å². The lowest BCUT2D eigenvalue weighted by Crippen LogP contribution is -2.43. The maximum Gasteiger partial charge on any atom is 0.238 e. The Morgan fingerprint density at radius 2 is 2.03 bits per heavy atom. The summed E-state index contributed by atoms with van der Waals surface area (Å²) in [5.41, 5.74) is 2.93. The molecule has 2 aromatic carbocycles. The first-order valence-corrected chi connectivity index (χ1v) is 12.1. The Morgan fingerprint density at radius 1 is 1.21 bits per heavy atom. The van der Waals surface area contributed by atoms with Crippen molar-refractivity contribution >= 4 is 26.7 Å². The number of methoxy groups -OCH3 is 1. The molecule has 2 aromatic heterocycles. The number of piperazine rings is 1. The van der Waals surface area contributed by atoms with Crippen LogP contribution in [0.15, 0.2) is 58.2 Å². The van der Waals surface area contributed by atoms with Crippen molar-refractivity contribution in [3.05, 3.63) is 54.4 Å². The van der Waals surface area contributed by atoms with E-state index in [-0.39, 0.29) is 4.90 Å². The molecule has 0 saturated carbocycles. The van der Waals surface area contributed by atoms with E-state index < -0.39 is 10.0 Å². The Balaban J connectivity index is 1.72. The fourth-order valence-corrected chi connectivity index (χ4v) is 5.01. The predicted octanol–water partition coefficient (Wildman–Crippen LogP) is 1.81. The third-order valence-corrected chi connectivity index (χ3v) is 6.68. The molecule has 0 radical (unpaired) electrons. The number of aromatic nitrogens is 3. The van der Waals surface area contributed by atoms with Gasteiger partial charge < -0.3 is 19.5 Å². The summed E-state index contributed by atoms with van der Waals surface area (Å²) >= 11 is 0. The second kappa shape index (κ2) is 8.50. The van der Waals surface area contributed by atoms with Crippen LogP contribution >= 0.6 is 0 Å². The van der Waals surface area contributed by atoms with Gasteiger partial charge in [-0.25, -0.2) is 13.6 Å². The highest BCUT2D eigenvalue weighted by Crippen LogP contribution is 2.42. The SMILES string of the molecule is COc1cc(Cn2cccn2)cc2onc(-c3c(N4CCNCC4)cccc3S(N)(=O)=O)c12. The maximum atomic E-state index is 12.6. The van der Waals surface area contributed by atoms with E-state index in [2.05, 4.69) is 20.5 Å². The van der Waals surface area contributed by atoms with Crippen molar-refractivity contribution in [2.45, 2.75) is 11.4 Å². The highest BCUT2D eigenvalue weighted by molar-refractivity contribution is 7.89. The summed E-state index contributed by atoms with van der Waals surface area (Å²) in [6, 6.07) is 10.7. The average Bonchev–Trinajstić information content (AvgIpc) is 3.48. The molecule has 0 amide bonds. The van der Waals surface area contributed by atoms with Gasteiger partial charge in [-0.2, -0.15) is 5.10 Å². The van der Waals surface area contributed by atoms with Crippen LogP contribution in [-0.4, -0.2) is 56.6 Å². The van der Waals surface area contributed by atoms with Gasteiger partial charge in [0.25, 0.3) is 0 Å². The molecule has 4 aromatic rings. The lowest BCUT2D eigenvalue weighted by Gasteiger charge is -2.31. The number of hydrogen-bond acceptors (Lipinski definition) is 8. The number of benzene rings is 2. The summed E-state index contributed by atoms with van der Waals surface area (Å²) in [6.45, 7) is 3.55. The topological polar surface area (TPSA) is 129 Å². The number of rotatable bonds is 6. The van der Waals surface area contributed by atoms with Gasteiger partial charge in [-0.3, -0.25) is 4.68 Å². The molecule has 0 aliphatic carbocycles. The van der Waals surface area contributed by atoms with E-state index in [0.29, 0.717) is 34.5 Å². The number of primary sulfonamides is 1. The van der Waals surface area contributed by atoms with Crippen LogP contribution in [0.5, 0.6) is 5.75 Å². The summed E-state index contributed by atoms with van der Waals surface area (Å²) in [7, 11) is -2.47. The second-order valence-corrected chi connectivity index (χ2v) is 9.37. The van der Waals surface area contributed by atoms with Crippen LogP contribution in [0.2, 0.25) is 0 Å². The smallest absolute Gasteiger partial charge is 0.238 e. The lowest BCUT2D eigenvalue weighted by molar-refractivity contribution is 0.418. The summed E-state index contributed by atoms with van der Waals surface area (Å²) < 4.78 is 38.3. The minimum atomic E-state index is -4.03. The molecule has 1 saturated heterocycles. The number of anilines is 1. The first-order chi connectivity index (χ1) is 16.0. The quantitative estimate of drug-likeness (QED) is 0.438. The Labute approximate surface area is 191 Å². The molecule has 5 rings (SSSR count). The average molecular weight is 469 g/mol. The van der Waals surface area contributed by atoms with E-state index in [9.17, 15) is 8.42 Å². The first-order valence-electron chi connectivity index (χ1n) is 10.5. The lowest BCUT2D eigenvalue weighted by atomic mass is 10.0. The number of nitrogens with zero attached hydrogens (tertiary/aromatic N) is 4. The predicted molar refractivity (Wildman–Crippen MR) is 124 cm³/mol. The van der Waals surface area contributed by atoms with Crippen molar-refractivity contribution in [2.75, 3.05) is 38.2 Å². The van der Waals surface area contributed by atoms with E-state index in [4.69, 9.17) is 14.4 Å². The minimum Gasteiger partial charge on any atom is -0.496 e. The normalized spacial score (nSPS) is 14.7. The van der Waals surface area contributed by atoms with Crippen LogP contribution in [0, 0.1) is 0 Å². The number of sulfonamides is 1. The third-order valence-electron chi connectivity index (χ3n) is 5.73. The van der Waals surface area contributed by atoms with Gasteiger partial charge in [0.2, 0.25) is 10.0 Å². The highest BCUT2D eigenvalue weighted by atomic mass is 32.2. The Hall–Kier alpha value is -3.41. The molecule has 3 N–H and O–H groups in total. The van der Waals surface area contributed by atoms with Gasteiger partial charge in [0, 0.05) is 49.8 Å². The molecule has 0 bridgehead atoms. The zero-order chi connectivity index (χ0) is 23.0. The van der Waals surface area contributed by atoms with E-state index >= 15 is 0 Å². The number of hydrogen-bond donors (Lipinski definition) is 2. The zero-order valence-corrected chi connectivity index (χ0v) is 18.9.